The maximum atomic E-state index is 3.55. The van der Waals surface area contributed by atoms with Crippen LogP contribution >= 0.6 is 0 Å². The highest BCUT2D eigenvalue weighted by atomic mass is 14.9. The van der Waals surface area contributed by atoms with E-state index in [1.54, 1.807) is 0 Å². The first-order chi connectivity index (χ1) is 9.45. The molecule has 0 saturated carbocycles. The van der Waals surface area contributed by atoms with E-state index in [1.807, 2.05) is 0 Å². The molecule has 0 spiro atoms. The van der Waals surface area contributed by atoms with Crippen LogP contribution in [0.5, 0.6) is 0 Å². The molecule has 1 aliphatic rings. The van der Waals surface area contributed by atoms with Gasteiger partial charge >= 0.3 is 0 Å². The van der Waals surface area contributed by atoms with E-state index in [1.165, 1.54) is 22.4 Å². The molecule has 2 aromatic rings. The van der Waals surface area contributed by atoms with Crippen LogP contribution in [0.3, 0.4) is 0 Å². The average Bonchev–Trinajstić information content (AvgIpc) is 2.59. The highest BCUT2D eigenvalue weighted by Crippen LogP contribution is 2.31. The summed E-state index contributed by atoms with van der Waals surface area (Å²) in [4.78, 5) is 0. The zero-order chi connectivity index (χ0) is 12.9. The van der Waals surface area contributed by atoms with Crippen LogP contribution in [0.15, 0.2) is 72.8 Å². The second kappa shape index (κ2) is 5.57. The number of hydrogen-bond acceptors (Lipinski definition) is 1. The molecule has 1 nitrogen and oxygen atoms in total. The number of para-hydroxylation sites is 1. The fraction of sp³-hybridized carbons (Fsp3) is 0.111. The lowest BCUT2D eigenvalue weighted by Gasteiger charge is -2.15. The topological polar surface area (TPSA) is 12.0 Å². The summed E-state index contributed by atoms with van der Waals surface area (Å²) in [5, 5.41) is 3.55. The van der Waals surface area contributed by atoms with Crippen LogP contribution in [0.25, 0.3) is 11.1 Å². The third-order valence-electron chi connectivity index (χ3n) is 3.35. The van der Waals surface area contributed by atoms with Gasteiger partial charge in [-0.25, -0.2) is 0 Å². The lowest BCUT2D eigenvalue weighted by molar-refractivity contribution is 1.24. The molecule has 0 amide bonds. The second-order valence-electron chi connectivity index (χ2n) is 4.65. The normalized spacial score (nSPS) is 13.9. The molecule has 0 atom stereocenters. The van der Waals surface area contributed by atoms with Gasteiger partial charge < -0.3 is 5.32 Å². The van der Waals surface area contributed by atoms with Gasteiger partial charge in [0.15, 0.2) is 0 Å². The molecule has 0 unspecified atom stereocenters. The van der Waals surface area contributed by atoms with E-state index in [4.69, 9.17) is 0 Å². The Labute approximate surface area is 114 Å². The summed E-state index contributed by atoms with van der Waals surface area (Å²) >= 11 is 0. The van der Waals surface area contributed by atoms with Gasteiger partial charge in [-0.1, -0.05) is 72.8 Å². The molecular weight excluding hydrogens is 230 g/mol. The molecular formula is C18H17N. The summed E-state index contributed by atoms with van der Waals surface area (Å²) in [6.45, 7) is 0.862. The Hall–Kier alpha value is -2.28. The minimum atomic E-state index is 0.862. The van der Waals surface area contributed by atoms with Crippen molar-refractivity contribution in [3.8, 4) is 11.1 Å². The Morgan fingerprint density at radius 3 is 2.53 bits per heavy atom. The van der Waals surface area contributed by atoms with E-state index in [-0.39, 0.29) is 0 Å². The minimum absolute atomic E-state index is 0.862. The molecule has 0 aliphatic carbocycles. The molecule has 1 N–H and O–H groups in total. The van der Waals surface area contributed by atoms with Gasteiger partial charge in [-0.15, -0.1) is 0 Å². The van der Waals surface area contributed by atoms with Crippen molar-refractivity contribution in [1.29, 1.82) is 0 Å². The minimum Gasteiger partial charge on any atom is -0.381 e. The third kappa shape index (κ3) is 2.60. The van der Waals surface area contributed by atoms with E-state index in [2.05, 4.69) is 78.2 Å². The largest absolute Gasteiger partial charge is 0.381 e. The Morgan fingerprint density at radius 2 is 1.63 bits per heavy atom. The molecule has 94 valence electrons. The smallest absolute Gasteiger partial charge is 0.0458 e. The Morgan fingerprint density at radius 1 is 0.789 bits per heavy atom. The summed E-state index contributed by atoms with van der Waals surface area (Å²) in [6, 6.07) is 17.1. The van der Waals surface area contributed by atoms with Crippen LogP contribution in [0.1, 0.15) is 5.56 Å². The number of anilines is 1. The lowest BCUT2D eigenvalue weighted by atomic mass is 9.98. The predicted molar refractivity (Wildman–Crippen MR) is 82.4 cm³/mol. The SMILES string of the molecule is C1=CCNc2c(cccc2-c2ccccc2)CC=C1. The van der Waals surface area contributed by atoms with Gasteiger partial charge in [0, 0.05) is 17.8 Å². The van der Waals surface area contributed by atoms with E-state index in [0.29, 0.717) is 0 Å². The molecule has 0 bridgehead atoms. The van der Waals surface area contributed by atoms with Gasteiger partial charge in [-0.2, -0.15) is 0 Å². The fourth-order valence-electron chi connectivity index (χ4n) is 2.42. The maximum absolute atomic E-state index is 3.55. The summed E-state index contributed by atoms with van der Waals surface area (Å²) in [5.41, 5.74) is 5.15. The van der Waals surface area contributed by atoms with Gasteiger partial charge in [0.05, 0.1) is 0 Å². The zero-order valence-corrected chi connectivity index (χ0v) is 10.8. The van der Waals surface area contributed by atoms with E-state index in [9.17, 15) is 0 Å². The van der Waals surface area contributed by atoms with Crippen LogP contribution in [0.4, 0.5) is 5.69 Å². The van der Waals surface area contributed by atoms with Crippen LogP contribution in [0.2, 0.25) is 0 Å². The number of benzene rings is 2. The number of hydrogen-bond donors (Lipinski definition) is 1. The molecule has 0 fully saturated rings. The number of rotatable bonds is 1. The fourth-order valence-corrected chi connectivity index (χ4v) is 2.42. The second-order valence-corrected chi connectivity index (χ2v) is 4.65. The first-order valence-electron chi connectivity index (χ1n) is 6.68. The average molecular weight is 247 g/mol. The number of nitrogens with one attached hydrogen (secondary N) is 1. The molecule has 0 saturated heterocycles. The summed E-state index contributed by atoms with van der Waals surface area (Å²) < 4.78 is 0. The molecule has 3 rings (SSSR count). The maximum Gasteiger partial charge on any atom is 0.0458 e. The van der Waals surface area contributed by atoms with Gasteiger partial charge in [0.2, 0.25) is 0 Å². The standard InChI is InChI=1S/C18H17N/c1-2-7-14-19-18-16(11-4-1)12-8-13-17(18)15-9-5-3-6-10-15/h1-10,12-13,19H,11,14H2. The van der Waals surface area contributed by atoms with Gasteiger partial charge in [-0.05, 0) is 17.5 Å². The van der Waals surface area contributed by atoms with E-state index < -0.39 is 0 Å². The highest BCUT2D eigenvalue weighted by molar-refractivity contribution is 5.80. The lowest BCUT2D eigenvalue weighted by Crippen LogP contribution is -2.03. The summed E-state index contributed by atoms with van der Waals surface area (Å²) in [5.74, 6) is 0. The Balaban J connectivity index is 2.09. The van der Waals surface area contributed by atoms with Crippen molar-refractivity contribution in [2.24, 2.45) is 0 Å². The van der Waals surface area contributed by atoms with Crippen molar-refractivity contribution in [1.82, 2.24) is 0 Å². The predicted octanol–water partition coefficient (Wildman–Crippen LogP) is 4.43. The molecule has 1 aliphatic heterocycles. The number of fused-ring (bicyclic) bond motifs is 1. The first kappa shape index (κ1) is 11.8. The van der Waals surface area contributed by atoms with Crippen LogP contribution < -0.4 is 5.32 Å². The molecule has 1 heteroatoms. The van der Waals surface area contributed by atoms with E-state index >= 15 is 0 Å². The highest BCUT2D eigenvalue weighted by Gasteiger charge is 2.08. The van der Waals surface area contributed by atoms with Crippen LogP contribution in [-0.4, -0.2) is 6.54 Å². The Bertz CT molecular complexity index is 609. The molecule has 0 aromatic heterocycles. The van der Waals surface area contributed by atoms with Crippen LogP contribution in [-0.2, 0) is 6.42 Å². The molecule has 0 radical (unpaired) electrons. The monoisotopic (exact) mass is 247 g/mol. The van der Waals surface area contributed by atoms with Crippen LogP contribution in [0, 0.1) is 0 Å². The van der Waals surface area contributed by atoms with Crippen molar-refractivity contribution in [3.05, 3.63) is 78.4 Å². The van der Waals surface area contributed by atoms with Crippen molar-refractivity contribution >= 4 is 5.69 Å². The van der Waals surface area contributed by atoms with Crippen molar-refractivity contribution in [2.75, 3.05) is 11.9 Å². The summed E-state index contributed by atoms with van der Waals surface area (Å²) in [7, 11) is 0. The van der Waals surface area contributed by atoms with Gasteiger partial charge in [-0.3, -0.25) is 0 Å². The van der Waals surface area contributed by atoms with Crippen molar-refractivity contribution in [2.45, 2.75) is 6.42 Å². The Kier molecular flexibility index (Phi) is 3.46. The quantitative estimate of drug-likeness (QED) is 0.786. The molecule has 2 aromatic carbocycles. The van der Waals surface area contributed by atoms with Crippen molar-refractivity contribution < 1.29 is 0 Å². The first-order valence-corrected chi connectivity index (χ1v) is 6.68. The molecule has 19 heavy (non-hydrogen) atoms. The molecule has 1 heterocycles. The number of allylic oxidation sites excluding steroid dienone is 3. The zero-order valence-electron chi connectivity index (χ0n) is 10.8. The summed E-state index contributed by atoms with van der Waals surface area (Å²) in [6.07, 6.45) is 9.53. The van der Waals surface area contributed by atoms with E-state index in [0.717, 1.165) is 13.0 Å². The third-order valence-corrected chi connectivity index (χ3v) is 3.35. The van der Waals surface area contributed by atoms with Gasteiger partial charge in [0.25, 0.3) is 0 Å². The van der Waals surface area contributed by atoms with Gasteiger partial charge in [0.1, 0.15) is 0 Å². The van der Waals surface area contributed by atoms with Crippen molar-refractivity contribution in [3.63, 3.8) is 0 Å².